The summed E-state index contributed by atoms with van der Waals surface area (Å²) < 4.78 is 21.3. The van der Waals surface area contributed by atoms with E-state index in [4.69, 9.17) is 18.9 Å². The zero-order valence-electron chi connectivity index (χ0n) is 16.5. The van der Waals surface area contributed by atoms with Crippen LogP contribution in [0.2, 0.25) is 0 Å². The summed E-state index contributed by atoms with van der Waals surface area (Å²) in [6.45, 7) is 1.41. The first kappa shape index (κ1) is 20.9. The number of amides is 2. The Balaban J connectivity index is 2.26. The van der Waals surface area contributed by atoms with Gasteiger partial charge in [0.2, 0.25) is 17.6 Å². The number of carbonyl (C=O) groups is 2. The smallest absolute Gasteiger partial charge is 0.229 e. The fraction of sp³-hybridized carbons (Fsp3) is 0.300. The van der Waals surface area contributed by atoms with E-state index in [9.17, 15) is 9.59 Å². The van der Waals surface area contributed by atoms with Crippen LogP contribution in [0.1, 0.15) is 12.5 Å². The summed E-state index contributed by atoms with van der Waals surface area (Å²) in [5.41, 5.74) is 1.63. The van der Waals surface area contributed by atoms with Crippen LogP contribution in [0.5, 0.6) is 23.0 Å². The van der Waals surface area contributed by atoms with Crippen LogP contribution in [0.15, 0.2) is 30.3 Å². The maximum atomic E-state index is 12.6. The molecule has 0 aromatic heterocycles. The molecular formula is C20H24N2O6. The number of rotatable bonds is 8. The van der Waals surface area contributed by atoms with Gasteiger partial charge in [-0.2, -0.15) is 0 Å². The first-order valence-corrected chi connectivity index (χ1v) is 8.46. The number of ether oxygens (including phenoxy) is 4. The molecule has 0 fully saturated rings. The third kappa shape index (κ3) is 4.85. The van der Waals surface area contributed by atoms with Crippen molar-refractivity contribution in [2.45, 2.75) is 13.3 Å². The lowest BCUT2D eigenvalue weighted by Gasteiger charge is -2.16. The molecule has 0 bridgehead atoms. The highest BCUT2D eigenvalue weighted by molar-refractivity contribution is 5.96. The highest BCUT2D eigenvalue weighted by Crippen LogP contribution is 2.40. The molecule has 0 aliphatic heterocycles. The fourth-order valence-electron chi connectivity index (χ4n) is 2.76. The predicted molar refractivity (Wildman–Crippen MR) is 106 cm³/mol. The van der Waals surface area contributed by atoms with Crippen LogP contribution in [0.3, 0.4) is 0 Å². The molecule has 2 aromatic carbocycles. The Morgan fingerprint density at radius 1 is 0.821 bits per heavy atom. The maximum Gasteiger partial charge on any atom is 0.229 e. The Morgan fingerprint density at radius 3 is 2.04 bits per heavy atom. The fourth-order valence-corrected chi connectivity index (χ4v) is 2.76. The number of hydrogen-bond acceptors (Lipinski definition) is 6. The third-order valence-corrected chi connectivity index (χ3v) is 3.93. The zero-order valence-corrected chi connectivity index (χ0v) is 16.5. The summed E-state index contributed by atoms with van der Waals surface area (Å²) in [6.07, 6.45) is 0.0387. The first-order chi connectivity index (χ1) is 13.4. The van der Waals surface area contributed by atoms with Gasteiger partial charge in [-0.3, -0.25) is 9.59 Å². The molecule has 0 heterocycles. The lowest BCUT2D eigenvalue weighted by Crippen LogP contribution is -2.16. The van der Waals surface area contributed by atoms with E-state index >= 15 is 0 Å². The SMILES string of the molecule is COc1ccc(NC(C)=O)cc1NC(=O)Cc1ccc(OC)c(OC)c1OC. The summed E-state index contributed by atoms with van der Waals surface area (Å²) in [5, 5.41) is 5.47. The summed E-state index contributed by atoms with van der Waals surface area (Å²) in [7, 11) is 6.03. The van der Waals surface area contributed by atoms with Crippen LogP contribution in [0.25, 0.3) is 0 Å². The van der Waals surface area contributed by atoms with Gasteiger partial charge in [-0.05, 0) is 24.3 Å². The van der Waals surface area contributed by atoms with Gasteiger partial charge in [-0.1, -0.05) is 6.07 Å². The van der Waals surface area contributed by atoms with Crippen molar-refractivity contribution < 1.29 is 28.5 Å². The largest absolute Gasteiger partial charge is 0.495 e. The Labute approximate surface area is 163 Å². The molecule has 0 saturated heterocycles. The molecule has 8 nitrogen and oxygen atoms in total. The molecule has 0 aliphatic rings. The quantitative estimate of drug-likeness (QED) is 0.722. The lowest BCUT2D eigenvalue weighted by molar-refractivity contribution is -0.116. The summed E-state index contributed by atoms with van der Waals surface area (Å²) in [4.78, 5) is 23.9. The van der Waals surface area contributed by atoms with Gasteiger partial charge in [0.15, 0.2) is 11.5 Å². The van der Waals surface area contributed by atoms with E-state index in [2.05, 4.69) is 10.6 Å². The summed E-state index contributed by atoms with van der Waals surface area (Å²) >= 11 is 0. The topological polar surface area (TPSA) is 95.1 Å². The number of hydrogen-bond donors (Lipinski definition) is 2. The van der Waals surface area contributed by atoms with E-state index in [1.807, 2.05) is 0 Å². The normalized spacial score (nSPS) is 10.0. The second-order valence-electron chi connectivity index (χ2n) is 5.81. The van der Waals surface area contributed by atoms with Crippen molar-refractivity contribution in [2.75, 3.05) is 39.1 Å². The van der Waals surface area contributed by atoms with Crippen LogP contribution in [0, 0.1) is 0 Å². The van der Waals surface area contributed by atoms with Crippen LogP contribution >= 0.6 is 0 Å². The monoisotopic (exact) mass is 388 g/mol. The number of methoxy groups -OCH3 is 4. The van der Waals surface area contributed by atoms with Crippen LogP contribution in [0.4, 0.5) is 11.4 Å². The molecule has 0 radical (unpaired) electrons. The van der Waals surface area contributed by atoms with Crippen molar-refractivity contribution in [2.24, 2.45) is 0 Å². The van der Waals surface area contributed by atoms with E-state index in [0.717, 1.165) is 0 Å². The number of anilines is 2. The minimum atomic E-state index is -0.288. The maximum absolute atomic E-state index is 12.6. The highest BCUT2D eigenvalue weighted by Gasteiger charge is 2.18. The highest BCUT2D eigenvalue weighted by atomic mass is 16.5. The number of nitrogens with one attached hydrogen (secondary N) is 2. The minimum absolute atomic E-state index is 0.0387. The molecule has 8 heteroatoms. The van der Waals surface area contributed by atoms with E-state index < -0.39 is 0 Å². The Hall–Kier alpha value is -3.42. The van der Waals surface area contributed by atoms with Crippen molar-refractivity contribution in [3.05, 3.63) is 35.9 Å². The van der Waals surface area contributed by atoms with E-state index in [1.165, 1.54) is 35.4 Å². The molecular weight excluding hydrogens is 364 g/mol. The summed E-state index contributed by atoms with van der Waals surface area (Å²) in [5.74, 6) is 1.33. The standard InChI is InChI=1S/C20H24N2O6/c1-12(23)21-14-7-9-16(25-2)15(11-14)22-18(24)10-13-6-8-17(26-3)20(28-5)19(13)27-4/h6-9,11H,10H2,1-5H3,(H,21,23)(H,22,24). The molecule has 2 rings (SSSR count). The molecule has 2 amide bonds. The van der Waals surface area contributed by atoms with Gasteiger partial charge in [0.25, 0.3) is 0 Å². The van der Waals surface area contributed by atoms with Crippen molar-refractivity contribution in [3.63, 3.8) is 0 Å². The number of carbonyl (C=O) groups excluding carboxylic acids is 2. The van der Waals surface area contributed by atoms with Crippen LogP contribution in [-0.4, -0.2) is 40.3 Å². The van der Waals surface area contributed by atoms with Crippen LogP contribution in [-0.2, 0) is 16.0 Å². The van der Waals surface area contributed by atoms with Gasteiger partial charge >= 0.3 is 0 Å². The third-order valence-electron chi connectivity index (χ3n) is 3.93. The van der Waals surface area contributed by atoms with Crippen LogP contribution < -0.4 is 29.6 Å². The molecule has 0 atom stereocenters. The van der Waals surface area contributed by atoms with Crippen molar-refractivity contribution >= 4 is 23.2 Å². The van der Waals surface area contributed by atoms with Gasteiger partial charge in [0.1, 0.15) is 5.75 Å². The number of benzene rings is 2. The second-order valence-corrected chi connectivity index (χ2v) is 5.81. The molecule has 0 aliphatic carbocycles. The molecule has 28 heavy (non-hydrogen) atoms. The Kier molecular flexibility index (Phi) is 7.08. The van der Waals surface area contributed by atoms with Gasteiger partial charge in [0, 0.05) is 18.2 Å². The molecule has 0 saturated carbocycles. The van der Waals surface area contributed by atoms with E-state index in [0.29, 0.717) is 39.9 Å². The molecule has 2 aromatic rings. The molecule has 0 spiro atoms. The van der Waals surface area contributed by atoms with Crippen molar-refractivity contribution in [1.29, 1.82) is 0 Å². The van der Waals surface area contributed by atoms with Gasteiger partial charge in [0.05, 0.1) is 40.5 Å². The molecule has 2 N–H and O–H groups in total. The van der Waals surface area contributed by atoms with Crippen molar-refractivity contribution in [1.82, 2.24) is 0 Å². The minimum Gasteiger partial charge on any atom is -0.495 e. The Bertz CT molecular complexity index is 866. The zero-order chi connectivity index (χ0) is 20.7. The van der Waals surface area contributed by atoms with Gasteiger partial charge in [-0.25, -0.2) is 0 Å². The molecule has 0 unspecified atom stereocenters. The average molecular weight is 388 g/mol. The Morgan fingerprint density at radius 2 is 1.46 bits per heavy atom. The van der Waals surface area contributed by atoms with E-state index in [1.54, 1.807) is 30.3 Å². The first-order valence-electron chi connectivity index (χ1n) is 8.46. The second kappa shape index (κ2) is 9.50. The van der Waals surface area contributed by atoms with E-state index in [-0.39, 0.29) is 18.2 Å². The van der Waals surface area contributed by atoms with Gasteiger partial charge < -0.3 is 29.6 Å². The van der Waals surface area contributed by atoms with Gasteiger partial charge in [-0.15, -0.1) is 0 Å². The summed E-state index contributed by atoms with van der Waals surface area (Å²) in [6, 6.07) is 8.43. The molecule has 150 valence electrons. The van der Waals surface area contributed by atoms with Crippen molar-refractivity contribution in [3.8, 4) is 23.0 Å². The predicted octanol–water partition coefficient (Wildman–Crippen LogP) is 2.86. The lowest BCUT2D eigenvalue weighted by atomic mass is 10.1. The average Bonchev–Trinajstić information content (AvgIpc) is 2.67.